The Morgan fingerprint density at radius 3 is 2.71 bits per heavy atom. The zero-order chi connectivity index (χ0) is 23.7. The summed E-state index contributed by atoms with van der Waals surface area (Å²) in [6.45, 7) is 3.58. The number of ether oxygens (including phenoxy) is 1. The van der Waals surface area contributed by atoms with Crippen molar-refractivity contribution in [3.05, 3.63) is 77.8 Å². The summed E-state index contributed by atoms with van der Waals surface area (Å²) in [6, 6.07) is 18.1. The zero-order valence-corrected chi connectivity index (χ0v) is 19.5. The van der Waals surface area contributed by atoms with Gasteiger partial charge in [0.1, 0.15) is 16.8 Å². The molecule has 0 bridgehead atoms. The Morgan fingerprint density at radius 1 is 1.12 bits per heavy atom. The number of amides is 2. The minimum absolute atomic E-state index is 0.116. The maximum absolute atomic E-state index is 13.0. The highest BCUT2D eigenvalue weighted by molar-refractivity contribution is 7.13. The summed E-state index contributed by atoms with van der Waals surface area (Å²) in [6.07, 6.45) is 1.74. The van der Waals surface area contributed by atoms with Crippen LogP contribution < -0.4 is 15.0 Å². The van der Waals surface area contributed by atoms with Crippen molar-refractivity contribution in [2.45, 2.75) is 19.9 Å². The van der Waals surface area contributed by atoms with Crippen LogP contribution in [0, 0.1) is 6.92 Å². The molecule has 8 heteroatoms. The van der Waals surface area contributed by atoms with Gasteiger partial charge < -0.3 is 10.1 Å². The normalized spacial score (nSPS) is 13.7. The van der Waals surface area contributed by atoms with Gasteiger partial charge in [0.2, 0.25) is 5.91 Å². The molecular formula is C26H22N4O3S. The number of anilines is 2. The summed E-state index contributed by atoms with van der Waals surface area (Å²) in [5, 5.41) is 5.66. The molecule has 1 aliphatic heterocycles. The summed E-state index contributed by atoms with van der Waals surface area (Å²) < 4.78 is 5.64. The lowest BCUT2D eigenvalue weighted by atomic mass is 10.1. The van der Waals surface area contributed by atoms with Gasteiger partial charge in [-0.1, -0.05) is 23.8 Å². The second kappa shape index (κ2) is 9.07. The molecule has 1 unspecified atom stereocenters. The van der Waals surface area contributed by atoms with Crippen LogP contribution in [0.2, 0.25) is 0 Å². The largest absolute Gasteiger partial charge is 0.482 e. The highest BCUT2D eigenvalue weighted by Crippen LogP contribution is 2.38. The van der Waals surface area contributed by atoms with Gasteiger partial charge in [0, 0.05) is 22.8 Å². The van der Waals surface area contributed by atoms with Crippen molar-refractivity contribution in [3.63, 3.8) is 0 Å². The number of pyridine rings is 1. The maximum Gasteiger partial charge on any atom is 0.265 e. The first kappa shape index (κ1) is 21.8. The standard InChI is InChI=1S/C26H22N4O3S/c1-16-6-9-19(10-7-16)28-25(32)17(2)30-22-13-18(8-11-23(22)33-14-24(30)31)21-15-34-26(29-21)20-5-3-4-12-27-20/h3-13,15,17H,14H2,1-2H3,(H,28,32). The SMILES string of the molecule is Cc1ccc(NC(=O)C(C)N2C(=O)COc3ccc(-c4csc(-c5ccccn5)n4)cc32)cc1. The molecule has 2 aromatic heterocycles. The number of carbonyl (C=O) groups excluding carboxylic acids is 2. The topological polar surface area (TPSA) is 84.4 Å². The number of nitrogens with one attached hydrogen (secondary N) is 1. The molecule has 1 N–H and O–H groups in total. The molecule has 0 spiro atoms. The lowest BCUT2D eigenvalue weighted by molar-refractivity contribution is -0.125. The van der Waals surface area contributed by atoms with Crippen molar-refractivity contribution < 1.29 is 14.3 Å². The number of carbonyl (C=O) groups is 2. The fourth-order valence-corrected chi connectivity index (χ4v) is 4.57. The number of benzene rings is 2. The molecule has 2 amide bonds. The van der Waals surface area contributed by atoms with Gasteiger partial charge in [-0.3, -0.25) is 19.5 Å². The van der Waals surface area contributed by atoms with Gasteiger partial charge in [-0.2, -0.15) is 0 Å². The number of nitrogens with zero attached hydrogens (tertiary/aromatic N) is 3. The van der Waals surface area contributed by atoms with Crippen LogP contribution in [0.1, 0.15) is 12.5 Å². The van der Waals surface area contributed by atoms with E-state index in [4.69, 9.17) is 9.72 Å². The van der Waals surface area contributed by atoms with E-state index in [0.29, 0.717) is 17.1 Å². The third-order valence-electron chi connectivity index (χ3n) is 5.61. The predicted octanol–water partition coefficient (Wildman–Crippen LogP) is 4.93. The smallest absolute Gasteiger partial charge is 0.265 e. The van der Waals surface area contributed by atoms with Crippen LogP contribution in [0.3, 0.4) is 0 Å². The molecule has 5 rings (SSSR count). The molecule has 0 aliphatic carbocycles. The van der Waals surface area contributed by atoms with E-state index in [1.165, 1.54) is 16.2 Å². The fraction of sp³-hybridized carbons (Fsp3) is 0.154. The first-order valence-electron chi connectivity index (χ1n) is 10.8. The number of thiazole rings is 1. The molecule has 3 heterocycles. The number of aryl methyl sites for hydroxylation is 1. The van der Waals surface area contributed by atoms with Crippen LogP contribution in [0.15, 0.2) is 72.2 Å². The summed E-state index contributed by atoms with van der Waals surface area (Å²) in [7, 11) is 0. The van der Waals surface area contributed by atoms with Crippen molar-refractivity contribution in [1.29, 1.82) is 0 Å². The Balaban J connectivity index is 1.44. The molecule has 1 atom stereocenters. The molecule has 4 aromatic rings. The van der Waals surface area contributed by atoms with Crippen LogP contribution in [0.5, 0.6) is 5.75 Å². The first-order chi connectivity index (χ1) is 16.5. The van der Waals surface area contributed by atoms with Crippen LogP contribution in [0.25, 0.3) is 22.0 Å². The minimum atomic E-state index is -0.730. The molecule has 0 saturated carbocycles. The lowest BCUT2D eigenvalue weighted by Crippen LogP contribution is -2.49. The van der Waals surface area contributed by atoms with Crippen molar-refractivity contribution in [2.24, 2.45) is 0 Å². The average molecular weight is 471 g/mol. The third-order valence-corrected chi connectivity index (χ3v) is 6.47. The quantitative estimate of drug-likeness (QED) is 0.447. The molecular weight excluding hydrogens is 448 g/mol. The molecule has 1 aliphatic rings. The number of fused-ring (bicyclic) bond motifs is 1. The van der Waals surface area contributed by atoms with Crippen LogP contribution in [-0.2, 0) is 9.59 Å². The number of aromatic nitrogens is 2. The average Bonchev–Trinajstić information content (AvgIpc) is 3.36. The third kappa shape index (κ3) is 4.27. The number of hydrogen-bond donors (Lipinski definition) is 1. The van der Waals surface area contributed by atoms with Crippen LogP contribution in [0.4, 0.5) is 11.4 Å². The Bertz CT molecular complexity index is 1350. The molecule has 0 radical (unpaired) electrons. The monoisotopic (exact) mass is 470 g/mol. The summed E-state index contributed by atoms with van der Waals surface area (Å²) >= 11 is 1.50. The van der Waals surface area contributed by atoms with Gasteiger partial charge in [-0.05, 0) is 56.3 Å². The van der Waals surface area contributed by atoms with Gasteiger partial charge in [0.15, 0.2) is 6.61 Å². The minimum Gasteiger partial charge on any atom is -0.482 e. The van der Waals surface area contributed by atoms with Crippen LogP contribution in [-0.4, -0.2) is 34.4 Å². The van der Waals surface area contributed by atoms with E-state index in [-0.39, 0.29) is 18.4 Å². The van der Waals surface area contributed by atoms with E-state index in [0.717, 1.165) is 27.5 Å². The van der Waals surface area contributed by atoms with Gasteiger partial charge in [-0.15, -0.1) is 11.3 Å². The maximum atomic E-state index is 13.0. The Morgan fingerprint density at radius 2 is 1.94 bits per heavy atom. The number of hydrogen-bond acceptors (Lipinski definition) is 6. The van der Waals surface area contributed by atoms with Gasteiger partial charge in [-0.25, -0.2) is 4.98 Å². The molecule has 0 fully saturated rings. The summed E-state index contributed by atoms with van der Waals surface area (Å²) in [5.74, 6) is 0.00345. The van der Waals surface area contributed by atoms with Crippen molar-refractivity contribution in [1.82, 2.24) is 9.97 Å². The Kier molecular flexibility index (Phi) is 5.81. The summed E-state index contributed by atoms with van der Waals surface area (Å²) in [4.78, 5) is 36.4. The van der Waals surface area contributed by atoms with Crippen molar-refractivity contribution in [2.75, 3.05) is 16.8 Å². The highest BCUT2D eigenvalue weighted by atomic mass is 32.1. The first-order valence-corrected chi connectivity index (χ1v) is 11.7. The van der Waals surface area contributed by atoms with Gasteiger partial charge in [0.05, 0.1) is 17.1 Å². The molecule has 170 valence electrons. The number of rotatable bonds is 5. The second-order valence-corrected chi connectivity index (χ2v) is 8.88. The van der Waals surface area contributed by atoms with E-state index < -0.39 is 6.04 Å². The zero-order valence-electron chi connectivity index (χ0n) is 18.7. The van der Waals surface area contributed by atoms with E-state index in [9.17, 15) is 9.59 Å². The van der Waals surface area contributed by atoms with Gasteiger partial charge in [0.25, 0.3) is 5.91 Å². The van der Waals surface area contributed by atoms with Crippen LogP contribution >= 0.6 is 11.3 Å². The molecule has 0 saturated heterocycles. The second-order valence-electron chi connectivity index (χ2n) is 8.02. The Labute approximate surface area is 201 Å². The lowest BCUT2D eigenvalue weighted by Gasteiger charge is -2.33. The van der Waals surface area contributed by atoms with Gasteiger partial charge >= 0.3 is 0 Å². The van der Waals surface area contributed by atoms with E-state index >= 15 is 0 Å². The van der Waals surface area contributed by atoms with Crippen molar-refractivity contribution >= 4 is 34.5 Å². The summed E-state index contributed by atoms with van der Waals surface area (Å²) in [5.41, 5.74) is 4.73. The molecule has 7 nitrogen and oxygen atoms in total. The van der Waals surface area contributed by atoms with E-state index in [2.05, 4.69) is 10.3 Å². The van der Waals surface area contributed by atoms with Crippen molar-refractivity contribution in [3.8, 4) is 27.7 Å². The highest BCUT2D eigenvalue weighted by Gasteiger charge is 2.33. The molecule has 34 heavy (non-hydrogen) atoms. The van der Waals surface area contributed by atoms with E-state index in [1.54, 1.807) is 13.1 Å². The fourth-order valence-electron chi connectivity index (χ4n) is 3.77. The molecule has 2 aromatic carbocycles. The predicted molar refractivity (Wildman–Crippen MR) is 133 cm³/mol. The Hall–Kier alpha value is -4.04. The van der Waals surface area contributed by atoms with E-state index in [1.807, 2.05) is 73.0 Å².